The number of hydrogen-bond donors (Lipinski definition) is 0. The van der Waals surface area contributed by atoms with Crippen molar-refractivity contribution in [2.45, 2.75) is 16.8 Å². The molecule has 0 aliphatic carbocycles. The Hall–Kier alpha value is -0.0600. The lowest BCUT2D eigenvalue weighted by Gasteiger charge is -2.28. The first-order chi connectivity index (χ1) is 5.24. The van der Waals surface area contributed by atoms with Crippen molar-refractivity contribution in [2.24, 2.45) is 0 Å². The molecule has 1 saturated heterocycles. The normalized spacial score (nSPS) is 19.9. The highest BCUT2D eigenvalue weighted by molar-refractivity contribution is 14.1. The Labute approximate surface area is 80.8 Å². The summed E-state index contributed by atoms with van der Waals surface area (Å²) >= 11 is 2.44. The summed E-state index contributed by atoms with van der Waals surface area (Å²) < 4.78 is 0.751. The van der Waals surface area contributed by atoms with E-state index < -0.39 is 0 Å². The maximum absolute atomic E-state index is 11.1. The first-order valence-electron chi connectivity index (χ1n) is 3.79. The number of carbonyl (C=O) groups excluding carboxylic acids is 1. The molecule has 0 radical (unpaired) electrons. The van der Waals surface area contributed by atoms with Crippen molar-refractivity contribution >= 4 is 28.5 Å². The maximum Gasteiger partial charge on any atom is 0.245 e. The molecule has 1 aliphatic heterocycles. The van der Waals surface area contributed by atoms with Crippen LogP contribution in [0.15, 0.2) is 12.7 Å². The molecule has 0 bridgehead atoms. The highest BCUT2D eigenvalue weighted by Gasteiger charge is 2.18. The first kappa shape index (κ1) is 9.03. The second kappa shape index (κ2) is 4.09. The van der Waals surface area contributed by atoms with Crippen LogP contribution in [0.3, 0.4) is 0 Å². The Morgan fingerprint density at radius 3 is 2.55 bits per heavy atom. The van der Waals surface area contributed by atoms with Crippen LogP contribution in [-0.2, 0) is 4.79 Å². The van der Waals surface area contributed by atoms with Crippen LogP contribution in [0.25, 0.3) is 0 Å². The maximum atomic E-state index is 11.1. The molecule has 0 aromatic rings. The molecule has 3 heteroatoms. The Morgan fingerprint density at radius 1 is 1.55 bits per heavy atom. The topological polar surface area (TPSA) is 20.3 Å². The molecule has 0 aromatic carbocycles. The Bertz CT molecular complexity index is 161. The molecule has 1 aliphatic rings. The number of hydrogen-bond acceptors (Lipinski definition) is 1. The van der Waals surface area contributed by atoms with Crippen molar-refractivity contribution in [3.05, 3.63) is 12.7 Å². The smallest absolute Gasteiger partial charge is 0.245 e. The van der Waals surface area contributed by atoms with Crippen molar-refractivity contribution in [3.8, 4) is 0 Å². The molecule has 0 unspecified atom stereocenters. The largest absolute Gasteiger partial charge is 0.339 e. The van der Waals surface area contributed by atoms with E-state index >= 15 is 0 Å². The minimum Gasteiger partial charge on any atom is -0.339 e. The van der Waals surface area contributed by atoms with Crippen LogP contribution in [0, 0.1) is 0 Å². The highest BCUT2D eigenvalue weighted by Crippen LogP contribution is 2.17. The minimum absolute atomic E-state index is 0.0771. The van der Waals surface area contributed by atoms with Crippen molar-refractivity contribution in [3.63, 3.8) is 0 Å². The van der Waals surface area contributed by atoms with E-state index in [9.17, 15) is 4.79 Å². The van der Waals surface area contributed by atoms with Gasteiger partial charge in [0, 0.05) is 17.0 Å². The van der Waals surface area contributed by atoms with Gasteiger partial charge < -0.3 is 4.90 Å². The second-order valence-corrected chi connectivity index (χ2v) is 4.47. The molecular weight excluding hydrogens is 253 g/mol. The summed E-state index contributed by atoms with van der Waals surface area (Å²) in [6.45, 7) is 5.26. The van der Waals surface area contributed by atoms with Gasteiger partial charge in [-0.3, -0.25) is 4.79 Å². The van der Waals surface area contributed by atoms with Gasteiger partial charge in [0.05, 0.1) is 0 Å². The zero-order chi connectivity index (χ0) is 8.27. The summed E-state index contributed by atoms with van der Waals surface area (Å²) in [6.07, 6.45) is 3.65. The third kappa shape index (κ3) is 2.47. The number of halogens is 1. The lowest BCUT2D eigenvalue weighted by molar-refractivity contribution is -0.126. The molecule has 1 rings (SSSR count). The van der Waals surface area contributed by atoms with Crippen LogP contribution < -0.4 is 0 Å². The summed E-state index contributed by atoms with van der Waals surface area (Å²) in [6, 6.07) is 0. The SMILES string of the molecule is C=CC(=O)N1CCC(I)CC1. The van der Waals surface area contributed by atoms with Gasteiger partial charge in [0.2, 0.25) is 5.91 Å². The minimum atomic E-state index is 0.0771. The van der Waals surface area contributed by atoms with Crippen LogP contribution in [-0.4, -0.2) is 27.8 Å². The number of rotatable bonds is 1. The number of piperidine rings is 1. The van der Waals surface area contributed by atoms with Crippen LogP contribution in [0.5, 0.6) is 0 Å². The number of amides is 1. The third-order valence-electron chi connectivity index (χ3n) is 1.91. The summed E-state index contributed by atoms with van der Waals surface area (Å²) in [7, 11) is 0. The molecule has 0 spiro atoms. The molecule has 2 nitrogen and oxygen atoms in total. The monoisotopic (exact) mass is 265 g/mol. The van der Waals surface area contributed by atoms with Crippen LogP contribution in [0.1, 0.15) is 12.8 Å². The first-order valence-corrected chi connectivity index (χ1v) is 5.04. The lowest BCUT2D eigenvalue weighted by Crippen LogP contribution is -2.37. The number of alkyl halides is 1. The third-order valence-corrected chi connectivity index (χ3v) is 3.16. The van der Waals surface area contributed by atoms with Crippen molar-refractivity contribution in [2.75, 3.05) is 13.1 Å². The molecule has 11 heavy (non-hydrogen) atoms. The highest BCUT2D eigenvalue weighted by atomic mass is 127. The van der Waals surface area contributed by atoms with Gasteiger partial charge in [-0.2, -0.15) is 0 Å². The van der Waals surface area contributed by atoms with Gasteiger partial charge in [0.25, 0.3) is 0 Å². The van der Waals surface area contributed by atoms with E-state index in [0.717, 1.165) is 29.9 Å². The standard InChI is InChI=1S/C8H12INO/c1-2-8(11)10-5-3-7(9)4-6-10/h2,7H,1,3-6H2. The summed E-state index contributed by atoms with van der Waals surface area (Å²) in [4.78, 5) is 12.9. The van der Waals surface area contributed by atoms with E-state index in [0.29, 0.717) is 0 Å². The molecular formula is C8H12INO. The molecule has 0 aromatic heterocycles. The van der Waals surface area contributed by atoms with E-state index in [2.05, 4.69) is 29.2 Å². The Morgan fingerprint density at radius 2 is 2.09 bits per heavy atom. The summed E-state index contributed by atoms with van der Waals surface area (Å²) in [5.74, 6) is 0.0771. The average Bonchev–Trinajstić information content (AvgIpc) is 2.05. The van der Waals surface area contributed by atoms with E-state index in [-0.39, 0.29) is 5.91 Å². The van der Waals surface area contributed by atoms with Gasteiger partial charge in [-0.1, -0.05) is 29.2 Å². The molecule has 0 atom stereocenters. The molecule has 1 heterocycles. The van der Waals surface area contributed by atoms with Crippen LogP contribution >= 0.6 is 22.6 Å². The van der Waals surface area contributed by atoms with Crippen LogP contribution in [0.4, 0.5) is 0 Å². The fourth-order valence-electron chi connectivity index (χ4n) is 1.20. The zero-order valence-electron chi connectivity index (χ0n) is 6.42. The predicted molar refractivity (Wildman–Crippen MR) is 53.8 cm³/mol. The van der Waals surface area contributed by atoms with Crippen molar-refractivity contribution in [1.29, 1.82) is 0 Å². The van der Waals surface area contributed by atoms with Gasteiger partial charge >= 0.3 is 0 Å². The van der Waals surface area contributed by atoms with Gasteiger partial charge in [-0.15, -0.1) is 0 Å². The van der Waals surface area contributed by atoms with E-state index in [1.54, 1.807) is 0 Å². The molecule has 62 valence electrons. The zero-order valence-corrected chi connectivity index (χ0v) is 8.58. The number of carbonyl (C=O) groups is 1. The van der Waals surface area contributed by atoms with E-state index in [4.69, 9.17) is 0 Å². The van der Waals surface area contributed by atoms with Gasteiger partial charge in [0.15, 0.2) is 0 Å². The van der Waals surface area contributed by atoms with Crippen molar-refractivity contribution < 1.29 is 4.79 Å². The van der Waals surface area contributed by atoms with Crippen LogP contribution in [0.2, 0.25) is 0 Å². The van der Waals surface area contributed by atoms with Crippen molar-refractivity contribution in [1.82, 2.24) is 4.90 Å². The second-order valence-electron chi connectivity index (χ2n) is 2.70. The molecule has 0 saturated carbocycles. The predicted octanol–water partition coefficient (Wildman–Crippen LogP) is 1.60. The molecule has 1 amide bonds. The van der Waals surface area contributed by atoms with Gasteiger partial charge in [0.1, 0.15) is 0 Å². The number of nitrogens with zero attached hydrogens (tertiary/aromatic N) is 1. The summed E-state index contributed by atoms with van der Waals surface area (Å²) in [5, 5.41) is 0. The van der Waals surface area contributed by atoms with E-state index in [1.165, 1.54) is 6.08 Å². The fourth-order valence-corrected chi connectivity index (χ4v) is 1.75. The molecule has 1 fully saturated rings. The Balaban J connectivity index is 2.38. The lowest BCUT2D eigenvalue weighted by atomic mass is 10.1. The average molecular weight is 265 g/mol. The number of likely N-dealkylation sites (tertiary alicyclic amines) is 1. The Kier molecular flexibility index (Phi) is 3.36. The summed E-state index contributed by atoms with van der Waals surface area (Å²) in [5.41, 5.74) is 0. The molecule has 0 N–H and O–H groups in total. The van der Waals surface area contributed by atoms with Gasteiger partial charge in [-0.25, -0.2) is 0 Å². The van der Waals surface area contributed by atoms with Gasteiger partial charge in [-0.05, 0) is 18.9 Å². The fraction of sp³-hybridized carbons (Fsp3) is 0.625. The quantitative estimate of drug-likeness (QED) is 0.400. The van der Waals surface area contributed by atoms with E-state index in [1.807, 2.05) is 4.90 Å².